The summed E-state index contributed by atoms with van der Waals surface area (Å²) in [7, 11) is 2.13. The minimum absolute atomic E-state index is 0.0448. The molecule has 6 heteroatoms. The molecule has 1 aliphatic heterocycles. The Balaban J connectivity index is 1.69. The van der Waals surface area contributed by atoms with Gasteiger partial charge in [0.2, 0.25) is 5.76 Å². The number of likely N-dealkylation sites (tertiary alicyclic amines) is 1. The average molecular weight is 253 g/mol. The highest BCUT2D eigenvalue weighted by atomic mass is 16.4. The first kappa shape index (κ1) is 12.9. The molecule has 0 atom stereocenters. The minimum Gasteiger partial charge on any atom is -0.403 e. The fraction of sp³-hybridized carbons (Fsp3) is 0.667. The van der Waals surface area contributed by atoms with E-state index in [9.17, 15) is 9.59 Å². The molecular formula is C12H19N3O3. The van der Waals surface area contributed by atoms with Gasteiger partial charge >= 0.3 is 5.76 Å². The molecule has 0 bridgehead atoms. The van der Waals surface area contributed by atoms with Gasteiger partial charge in [0.15, 0.2) is 0 Å². The molecule has 1 fully saturated rings. The van der Waals surface area contributed by atoms with Crippen LogP contribution in [0.4, 0.5) is 0 Å². The van der Waals surface area contributed by atoms with E-state index >= 15 is 0 Å². The molecule has 2 N–H and O–H groups in total. The number of carbonyl (C=O) groups is 1. The molecule has 18 heavy (non-hydrogen) atoms. The quantitative estimate of drug-likeness (QED) is 0.815. The number of rotatable bonds is 4. The van der Waals surface area contributed by atoms with E-state index in [2.05, 4.69) is 26.7 Å². The third-order valence-electron chi connectivity index (χ3n) is 3.42. The van der Waals surface area contributed by atoms with Crippen LogP contribution in [0.5, 0.6) is 0 Å². The largest absolute Gasteiger partial charge is 0.416 e. The number of carbonyl (C=O) groups excluding carboxylic acids is 1. The molecule has 0 spiro atoms. The van der Waals surface area contributed by atoms with Gasteiger partial charge in [0, 0.05) is 6.54 Å². The van der Waals surface area contributed by atoms with E-state index in [4.69, 9.17) is 0 Å². The second-order valence-corrected chi connectivity index (χ2v) is 4.83. The lowest BCUT2D eigenvalue weighted by molar-refractivity contribution is 0.0919. The normalized spacial score (nSPS) is 17.8. The zero-order valence-electron chi connectivity index (χ0n) is 10.6. The first-order valence-electron chi connectivity index (χ1n) is 6.30. The number of amides is 1. The van der Waals surface area contributed by atoms with Crippen molar-refractivity contribution in [2.75, 3.05) is 26.7 Å². The van der Waals surface area contributed by atoms with Crippen LogP contribution in [0.25, 0.3) is 0 Å². The van der Waals surface area contributed by atoms with E-state index in [0.29, 0.717) is 12.5 Å². The number of aromatic nitrogens is 1. The number of hydrogen-bond donors (Lipinski definition) is 2. The summed E-state index contributed by atoms with van der Waals surface area (Å²) in [5, 5.41) is 2.77. The van der Waals surface area contributed by atoms with E-state index in [1.807, 2.05) is 0 Å². The molecule has 1 aromatic rings. The zero-order chi connectivity index (χ0) is 13.0. The molecule has 0 radical (unpaired) electrons. The second kappa shape index (κ2) is 5.86. The first-order chi connectivity index (χ1) is 8.65. The zero-order valence-corrected chi connectivity index (χ0v) is 10.6. The minimum atomic E-state index is -0.601. The van der Waals surface area contributed by atoms with Crippen LogP contribution in [0, 0.1) is 5.92 Å². The monoisotopic (exact) mass is 253 g/mol. The third-order valence-corrected chi connectivity index (χ3v) is 3.42. The lowest BCUT2D eigenvalue weighted by Crippen LogP contribution is -2.32. The van der Waals surface area contributed by atoms with Gasteiger partial charge in [0.1, 0.15) is 0 Å². The van der Waals surface area contributed by atoms with Gasteiger partial charge in [-0.1, -0.05) is 0 Å². The van der Waals surface area contributed by atoms with Gasteiger partial charge in [0.05, 0.1) is 6.20 Å². The van der Waals surface area contributed by atoms with Gasteiger partial charge in [-0.25, -0.2) is 4.79 Å². The van der Waals surface area contributed by atoms with Crippen LogP contribution in [0.1, 0.15) is 29.8 Å². The highest BCUT2D eigenvalue weighted by Gasteiger charge is 2.17. The van der Waals surface area contributed by atoms with E-state index in [-0.39, 0.29) is 11.7 Å². The third kappa shape index (κ3) is 3.46. The van der Waals surface area contributed by atoms with Crippen LogP contribution >= 0.6 is 0 Å². The van der Waals surface area contributed by atoms with Gasteiger partial charge in [-0.2, -0.15) is 0 Å². The van der Waals surface area contributed by atoms with Crippen LogP contribution in [-0.2, 0) is 0 Å². The summed E-state index contributed by atoms with van der Waals surface area (Å²) >= 11 is 0. The van der Waals surface area contributed by atoms with Crippen molar-refractivity contribution in [1.82, 2.24) is 15.2 Å². The Hall–Kier alpha value is -1.56. The fourth-order valence-electron chi connectivity index (χ4n) is 2.22. The standard InChI is InChI=1S/C12H19N3O3/c1-15-6-3-9(4-7-15)2-5-13-11(16)10-8-14-12(17)18-10/h8-9H,2-7H2,1H3,(H,13,16)(H,14,17). The summed E-state index contributed by atoms with van der Waals surface area (Å²) in [6.45, 7) is 2.89. The van der Waals surface area contributed by atoms with Crippen molar-refractivity contribution in [3.63, 3.8) is 0 Å². The van der Waals surface area contributed by atoms with Crippen molar-refractivity contribution in [3.8, 4) is 0 Å². The molecule has 1 aromatic heterocycles. The molecule has 1 aliphatic rings. The number of piperidine rings is 1. The van der Waals surface area contributed by atoms with E-state index in [1.165, 1.54) is 19.0 Å². The molecular weight excluding hydrogens is 234 g/mol. The number of hydrogen-bond acceptors (Lipinski definition) is 4. The number of nitrogens with zero attached hydrogens (tertiary/aromatic N) is 1. The number of aromatic amines is 1. The van der Waals surface area contributed by atoms with Gasteiger partial charge in [-0.15, -0.1) is 0 Å². The van der Waals surface area contributed by atoms with Gasteiger partial charge in [-0.05, 0) is 45.3 Å². The number of nitrogens with one attached hydrogen (secondary N) is 2. The van der Waals surface area contributed by atoms with E-state index in [1.54, 1.807) is 0 Å². The molecule has 100 valence electrons. The maximum Gasteiger partial charge on any atom is 0.416 e. The average Bonchev–Trinajstić information content (AvgIpc) is 2.78. The molecule has 1 amide bonds. The highest BCUT2D eigenvalue weighted by Crippen LogP contribution is 2.18. The Kier molecular flexibility index (Phi) is 4.19. The van der Waals surface area contributed by atoms with Crippen molar-refractivity contribution in [1.29, 1.82) is 0 Å². The summed E-state index contributed by atoms with van der Waals surface area (Å²) in [5.41, 5.74) is 0. The molecule has 6 nitrogen and oxygen atoms in total. The lowest BCUT2D eigenvalue weighted by atomic mass is 9.94. The Morgan fingerprint density at radius 3 is 2.89 bits per heavy atom. The Bertz CT molecular complexity index is 443. The molecule has 0 saturated carbocycles. The van der Waals surface area contributed by atoms with Crippen molar-refractivity contribution in [3.05, 3.63) is 22.5 Å². The topological polar surface area (TPSA) is 78.3 Å². The Labute approximate surface area is 105 Å². The Morgan fingerprint density at radius 1 is 1.56 bits per heavy atom. The van der Waals surface area contributed by atoms with Crippen LogP contribution in [-0.4, -0.2) is 42.5 Å². The second-order valence-electron chi connectivity index (χ2n) is 4.83. The number of oxazole rings is 1. The SMILES string of the molecule is CN1CCC(CCNC(=O)c2c[nH]c(=O)o2)CC1. The fourth-order valence-corrected chi connectivity index (χ4v) is 2.22. The van der Waals surface area contributed by atoms with Gasteiger partial charge < -0.3 is 14.6 Å². The summed E-state index contributed by atoms with van der Waals surface area (Å²) in [5.74, 6) is -0.208. The summed E-state index contributed by atoms with van der Waals surface area (Å²) in [6, 6.07) is 0. The molecule has 0 aromatic carbocycles. The van der Waals surface area contributed by atoms with Crippen LogP contribution in [0.2, 0.25) is 0 Å². The van der Waals surface area contributed by atoms with Crippen LogP contribution < -0.4 is 11.1 Å². The molecule has 1 saturated heterocycles. The van der Waals surface area contributed by atoms with Gasteiger partial charge in [-0.3, -0.25) is 9.78 Å². The van der Waals surface area contributed by atoms with Crippen molar-refractivity contribution >= 4 is 5.91 Å². The summed E-state index contributed by atoms with van der Waals surface area (Å²) < 4.78 is 4.67. The first-order valence-corrected chi connectivity index (χ1v) is 6.30. The predicted molar refractivity (Wildman–Crippen MR) is 66.5 cm³/mol. The van der Waals surface area contributed by atoms with Gasteiger partial charge in [0.25, 0.3) is 5.91 Å². The van der Waals surface area contributed by atoms with Crippen LogP contribution in [0.3, 0.4) is 0 Å². The highest BCUT2D eigenvalue weighted by molar-refractivity contribution is 5.90. The van der Waals surface area contributed by atoms with E-state index < -0.39 is 5.76 Å². The molecule has 2 rings (SSSR count). The van der Waals surface area contributed by atoms with Crippen LogP contribution in [0.15, 0.2) is 15.4 Å². The summed E-state index contributed by atoms with van der Waals surface area (Å²) in [4.78, 5) is 26.9. The van der Waals surface area contributed by atoms with Crippen molar-refractivity contribution in [2.45, 2.75) is 19.3 Å². The maximum atomic E-state index is 11.6. The summed E-state index contributed by atoms with van der Waals surface area (Å²) in [6.07, 6.45) is 4.64. The number of H-pyrrole nitrogens is 1. The molecule has 2 heterocycles. The molecule has 0 unspecified atom stereocenters. The van der Waals surface area contributed by atoms with E-state index in [0.717, 1.165) is 19.5 Å². The predicted octanol–water partition coefficient (Wildman–Crippen LogP) is 0.430. The van der Waals surface area contributed by atoms with Crippen molar-refractivity contribution < 1.29 is 9.21 Å². The Morgan fingerprint density at radius 2 is 2.28 bits per heavy atom. The lowest BCUT2D eigenvalue weighted by Gasteiger charge is -2.28. The maximum absolute atomic E-state index is 11.6. The van der Waals surface area contributed by atoms with Crippen molar-refractivity contribution in [2.24, 2.45) is 5.92 Å². The molecule has 0 aliphatic carbocycles. The smallest absolute Gasteiger partial charge is 0.403 e.